The van der Waals surface area contributed by atoms with E-state index in [0.29, 0.717) is 6.54 Å². The van der Waals surface area contributed by atoms with E-state index in [1.807, 2.05) is 13.0 Å². The van der Waals surface area contributed by atoms with Gasteiger partial charge in [-0.05, 0) is 24.5 Å². The smallest absolute Gasteiger partial charge is 0.269 e. The summed E-state index contributed by atoms with van der Waals surface area (Å²) < 4.78 is 1.44. The summed E-state index contributed by atoms with van der Waals surface area (Å²) in [5.41, 5.74) is 2.71. The molecule has 0 saturated heterocycles. The topological polar surface area (TPSA) is 59.8 Å². The SMILES string of the molecule is CCCNc1cnn(Cc2cncc(C)c2)c(=O)c1. The van der Waals surface area contributed by atoms with E-state index in [9.17, 15) is 4.79 Å². The summed E-state index contributed by atoms with van der Waals surface area (Å²) >= 11 is 0. The van der Waals surface area contributed by atoms with Crippen LogP contribution >= 0.6 is 0 Å². The van der Waals surface area contributed by atoms with Gasteiger partial charge in [-0.1, -0.05) is 13.0 Å². The number of aryl methyl sites for hydroxylation is 1. The number of nitrogens with one attached hydrogen (secondary N) is 1. The molecule has 0 radical (unpaired) electrons. The average Bonchev–Trinajstić information content (AvgIpc) is 2.39. The Morgan fingerprint density at radius 3 is 2.79 bits per heavy atom. The van der Waals surface area contributed by atoms with Crippen molar-refractivity contribution < 1.29 is 0 Å². The highest BCUT2D eigenvalue weighted by Crippen LogP contribution is 2.04. The van der Waals surface area contributed by atoms with Crippen molar-refractivity contribution in [3.05, 3.63) is 52.2 Å². The van der Waals surface area contributed by atoms with Gasteiger partial charge in [0.05, 0.1) is 18.4 Å². The van der Waals surface area contributed by atoms with Gasteiger partial charge in [-0.2, -0.15) is 5.10 Å². The second kappa shape index (κ2) is 6.13. The van der Waals surface area contributed by atoms with Crippen molar-refractivity contribution in [1.82, 2.24) is 14.8 Å². The Labute approximate surface area is 112 Å². The van der Waals surface area contributed by atoms with Crippen LogP contribution < -0.4 is 10.9 Å². The molecule has 5 heteroatoms. The van der Waals surface area contributed by atoms with Crippen LogP contribution in [0.4, 0.5) is 5.69 Å². The maximum atomic E-state index is 11.9. The minimum Gasteiger partial charge on any atom is -0.384 e. The number of aromatic nitrogens is 3. The van der Waals surface area contributed by atoms with E-state index in [-0.39, 0.29) is 5.56 Å². The average molecular weight is 258 g/mol. The van der Waals surface area contributed by atoms with E-state index in [1.165, 1.54) is 4.68 Å². The molecule has 0 saturated carbocycles. The van der Waals surface area contributed by atoms with E-state index < -0.39 is 0 Å². The lowest BCUT2D eigenvalue weighted by atomic mass is 10.2. The Hall–Kier alpha value is -2.17. The fourth-order valence-electron chi connectivity index (χ4n) is 1.80. The third kappa shape index (κ3) is 3.64. The van der Waals surface area contributed by atoms with Crippen molar-refractivity contribution in [2.75, 3.05) is 11.9 Å². The molecule has 0 unspecified atom stereocenters. The Morgan fingerprint density at radius 1 is 1.26 bits per heavy atom. The zero-order valence-electron chi connectivity index (χ0n) is 11.3. The molecule has 2 aromatic rings. The summed E-state index contributed by atoms with van der Waals surface area (Å²) in [5, 5.41) is 7.32. The van der Waals surface area contributed by atoms with Gasteiger partial charge >= 0.3 is 0 Å². The second-order valence-corrected chi connectivity index (χ2v) is 4.54. The van der Waals surface area contributed by atoms with Gasteiger partial charge in [0.1, 0.15) is 0 Å². The van der Waals surface area contributed by atoms with Gasteiger partial charge in [0, 0.05) is 25.0 Å². The van der Waals surface area contributed by atoms with Crippen LogP contribution in [0.3, 0.4) is 0 Å². The fourth-order valence-corrected chi connectivity index (χ4v) is 1.80. The van der Waals surface area contributed by atoms with E-state index in [1.54, 1.807) is 24.7 Å². The molecule has 2 heterocycles. The molecular weight excluding hydrogens is 240 g/mol. The molecule has 0 aromatic carbocycles. The Bertz CT molecular complexity index is 606. The summed E-state index contributed by atoms with van der Waals surface area (Å²) in [7, 11) is 0. The van der Waals surface area contributed by atoms with Gasteiger partial charge in [-0.15, -0.1) is 0 Å². The van der Waals surface area contributed by atoms with Crippen LogP contribution in [0.2, 0.25) is 0 Å². The normalized spacial score (nSPS) is 10.4. The number of anilines is 1. The minimum absolute atomic E-state index is 0.109. The highest BCUT2D eigenvalue weighted by molar-refractivity contribution is 5.38. The van der Waals surface area contributed by atoms with Crippen molar-refractivity contribution in [3.8, 4) is 0 Å². The summed E-state index contributed by atoms with van der Waals surface area (Å²) in [5.74, 6) is 0. The third-order valence-corrected chi connectivity index (χ3v) is 2.71. The van der Waals surface area contributed by atoms with E-state index in [4.69, 9.17) is 0 Å². The van der Waals surface area contributed by atoms with Crippen LogP contribution in [0, 0.1) is 6.92 Å². The second-order valence-electron chi connectivity index (χ2n) is 4.54. The summed E-state index contributed by atoms with van der Waals surface area (Å²) in [6.45, 7) is 5.34. The molecule has 0 spiro atoms. The van der Waals surface area contributed by atoms with Crippen molar-refractivity contribution in [2.24, 2.45) is 0 Å². The zero-order valence-corrected chi connectivity index (χ0v) is 11.3. The summed E-state index contributed by atoms with van der Waals surface area (Å²) in [6.07, 6.45) is 6.24. The highest BCUT2D eigenvalue weighted by Gasteiger charge is 2.02. The molecule has 0 atom stereocenters. The molecule has 19 heavy (non-hydrogen) atoms. The standard InChI is InChI=1S/C14H18N4O/c1-3-4-16-13-6-14(19)18(17-9-13)10-12-5-11(2)7-15-8-12/h5-9,16H,3-4,10H2,1-2H3. The predicted molar refractivity (Wildman–Crippen MR) is 75.4 cm³/mol. The van der Waals surface area contributed by atoms with Crippen molar-refractivity contribution in [1.29, 1.82) is 0 Å². The van der Waals surface area contributed by atoms with Gasteiger partial charge in [-0.25, -0.2) is 4.68 Å². The molecular formula is C14H18N4O. The molecule has 100 valence electrons. The number of nitrogens with zero attached hydrogens (tertiary/aromatic N) is 3. The first-order chi connectivity index (χ1) is 9.19. The van der Waals surface area contributed by atoms with Crippen LogP contribution in [0.5, 0.6) is 0 Å². The highest BCUT2D eigenvalue weighted by atomic mass is 16.1. The van der Waals surface area contributed by atoms with Gasteiger partial charge in [0.15, 0.2) is 0 Å². The molecule has 5 nitrogen and oxygen atoms in total. The number of hydrogen-bond acceptors (Lipinski definition) is 4. The van der Waals surface area contributed by atoms with Crippen LogP contribution in [0.25, 0.3) is 0 Å². The first-order valence-electron chi connectivity index (χ1n) is 6.40. The first kappa shape index (κ1) is 13.3. The van der Waals surface area contributed by atoms with Crippen LogP contribution in [0.1, 0.15) is 24.5 Å². The van der Waals surface area contributed by atoms with Crippen molar-refractivity contribution in [2.45, 2.75) is 26.8 Å². The molecule has 2 rings (SSSR count). The molecule has 2 aromatic heterocycles. The lowest BCUT2D eigenvalue weighted by Gasteiger charge is -2.07. The lowest BCUT2D eigenvalue weighted by molar-refractivity contribution is 0.637. The molecule has 0 fully saturated rings. The lowest BCUT2D eigenvalue weighted by Crippen LogP contribution is -2.23. The van der Waals surface area contributed by atoms with Gasteiger partial charge < -0.3 is 5.32 Å². The quantitative estimate of drug-likeness (QED) is 0.888. The summed E-state index contributed by atoms with van der Waals surface area (Å²) in [6, 6.07) is 3.58. The van der Waals surface area contributed by atoms with Crippen LogP contribution in [0.15, 0.2) is 35.5 Å². The van der Waals surface area contributed by atoms with Gasteiger partial charge in [0.2, 0.25) is 0 Å². The van der Waals surface area contributed by atoms with E-state index in [0.717, 1.165) is 29.8 Å². The number of pyridine rings is 1. The predicted octanol–water partition coefficient (Wildman–Crippen LogP) is 1.82. The minimum atomic E-state index is -0.109. The zero-order chi connectivity index (χ0) is 13.7. The van der Waals surface area contributed by atoms with Crippen LogP contribution in [-0.2, 0) is 6.54 Å². The Kier molecular flexibility index (Phi) is 4.28. The number of hydrogen-bond donors (Lipinski definition) is 1. The van der Waals surface area contributed by atoms with E-state index >= 15 is 0 Å². The summed E-state index contributed by atoms with van der Waals surface area (Å²) in [4.78, 5) is 16.0. The first-order valence-corrected chi connectivity index (χ1v) is 6.40. The molecule has 0 bridgehead atoms. The largest absolute Gasteiger partial charge is 0.384 e. The molecule has 0 amide bonds. The van der Waals surface area contributed by atoms with Crippen LogP contribution in [-0.4, -0.2) is 21.3 Å². The molecule has 0 aliphatic heterocycles. The monoisotopic (exact) mass is 258 g/mol. The number of rotatable bonds is 5. The molecule has 1 N–H and O–H groups in total. The molecule has 0 aliphatic rings. The van der Waals surface area contributed by atoms with E-state index in [2.05, 4.69) is 22.3 Å². The maximum absolute atomic E-state index is 11.9. The van der Waals surface area contributed by atoms with Gasteiger partial charge in [0.25, 0.3) is 5.56 Å². The third-order valence-electron chi connectivity index (χ3n) is 2.71. The maximum Gasteiger partial charge on any atom is 0.269 e. The fraction of sp³-hybridized carbons (Fsp3) is 0.357. The van der Waals surface area contributed by atoms with Crippen molar-refractivity contribution >= 4 is 5.69 Å². The Morgan fingerprint density at radius 2 is 2.11 bits per heavy atom. The van der Waals surface area contributed by atoms with Gasteiger partial charge in [-0.3, -0.25) is 9.78 Å². The molecule has 0 aliphatic carbocycles. The Balaban J connectivity index is 2.15. The van der Waals surface area contributed by atoms with Crippen molar-refractivity contribution in [3.63, 3.8) is 0 Å².